The van der Waals surface area contributed by atoms with Gasteiger partial charge in [-0.1, -0.05) is 43.5 Å². The summed E-state index contributed by atoms with van der Waals surface area (Å²) in [5, 5.41) is 22.6. The Kier molecular flexibility index (Phi) is 7.06. The van der Waals surface area contributed by atoms with Gasteiger partial charge in [-0.3, -0.25) is 4.79 Å². The number of halogens is 3. The number of carbonyl (C=O) groups is 1. The lowest BCUT2D eigenvalue weighted by Gasteiger charge is -2.28. The second kappa shape index (κ2) is 8.89. The van der Waals surface area contributed by atoms with Gasteiger partial charge in [-0.15, -0.1) is 0 Å². The van der Waals surface area contributed by atoms with E-state index < -0.39 is 23.8 Å². The molecule has 2 rings (SSSR count). The first-order valence-corrected chi connectivity index (χ1v) is 9.16. The molecule has 0 spiro atoms. The van der Waals surface area contributed by atoms with E-state index in [0.29, 0.717) is 5.56 Å². The van der Waals surface area contributed by atoms with Crippen molar-refractivity contribution in [2.24, 2.45) is 0 Å². The zero-order valence-electron chi connectivity index (χ0n) is 15.4. The minimum absolute atomic E-state index is 0.0280. The van der Waals surface area contributed by atoms with Gasteiger partial charge in [-0.25, -0.2) is 0 Å². The molecule has 1 aromatic carbocycles. The van der Waals surface area contributed by atoms with E-state index in [9.17, 15) is 28.2 Å². The molecular weight excluding hydrogens is 359 g/mol. The normalized spacial score (nSPS) is 18.4. The fourth-order valence-corrected chi connectivity index (χ4v) is 3.28. The molecule has 1 aliphatic carbocycles. The van der Waals surface area contributed by atoms with Crippen molar-refractivity contribution < 1.29 is 28.2 Å². The molecule has 3 N–H and O–H groups in total. The third-order valence-electron chi connectivity index (χ3n) is 4.93. The molecule has 1 saturated carbocycles. The second-order valence-corrected chi connectivity index (χ2v) is 7.17. The molecule has 1 aromatic rings. The Morgan fingerprint density at radius 1 is 1.30 bits per heavy atom. The molecule has 0 aromatic heterocycles. The number of amides is 1. The predicted molar refractivity (Wildman–Crippen MR) is 96.9 cm³/mol. The number of benzene rings is 1. The first-order chi connectivity index (χ1) is 12.6. The number of aryl methyl sites for hydroxylation is 1. The van der Waals surface area contributed by atoms with E-state index in [0.717, 1.165) is 43.2 Å². The minimum Gasteiger partial charge on any atom is -0.388 e. The van der Waals surface area contributed by atoms with Crippen LogP contribution in [0.2, 0.25) is 0 Å². The van der Waals surface area contributed by atoms with Crippen molar-refractivity contribution in [1.29, 1.82) is 0 Å². The summed E-state index contributed by atoms with van der Waals surface area (Å²) in [6, 6.07) is 5.44. The highest BCUT2D eigenvalue weighted by Gasteiger charge is 2.38. The molecule has 0 aliphatic heterocycles. The van der Waals surface area contributed by atoms with Gasteiger partial charge in [0, 0.05) is 6.54 Å². The van der Waals surface area contributed by atoms with E-state index in [4.69, 9.17) is 0 Å². The maximum atomic E-state index is 12.2. The summed E-state index contributed by atoms with van der Waals surface area (Å²) in [4.78, 5) is 10.8. The molecule has 0 heterocycles. The van der Waals surface area contributed by atoms with Crippen molar-refractivity contribution in [2.45, 2.75) is 63.3 Å². The van der Waals surface area contributed by atoms with Gasteiger partial charge in [0.2, 0.25) is 0 Å². The van der Waals surface area contributed by atoms with Gasteiger partial charge in [0.1, 0.15) is 0 Å². The molecule has 150 valence electrons. The van der Waals surface area contributed by atoms with Crippen LogP contribution in [0.3, 0.4) is 0 Å². The smallest absolute Gasteiger partial charge is 0.388 e. The fourth-order valence-electron chi connectivity index (χ4n) is 3.28. The lowest BCUT2D eigenvalue weighted by atomic mass is 9.84. The quantitative estimate of drug-likeness (QED) is 0.698. The fraction of sp³-hybridized carbons (Fsp3) is 0.550. The van der Waals surface area contributed by atoms with Crippen molar-refractivity contribution in [2.75, 3.05) is 6.54 Å². The Bertz CT molecular complexity index is 680. The first-order valence-electron chi connectivity index (χ1n) is 9.16. The van der Waals surface area contributed by atoms with Crippen LogP contribution in [0.5, 0.6) is 0 Å². The molecule has 1 amide bonds. The van der Waals surface area contributed by atoms with Crippen LogP contribution in [-0.4, -0.2) is 34.4 Å². The molecular formula is C20H26F3NO3. The van der Waals surface area contributed by atoms with Gasteiger partial charge in [0.25, 0.3) is 0 Å². The van der Waals surface area contributed by atoms with Crippen molar-refractivity contribution >= 4 is 12.0 Å². The van der Waals surface area contributed by atoms with E-state index in [1.165, 1.54) is 0 Å². The Balaban J connectivity index is 2.00. The van der Waals surface area contributed by atoms with Crippen LogP contribution in [-0.2, 0) is 4.79 Å². The molecule has 1 unspecified atom stereocenters. The number of alkyl halides is 3. The van der Waals surface area contributed by atoms with Crippen LogP contribution < -0.4 is 5.32 Å². The van der Waals surface area contributed by atoms with Gasteiger partial charge in [-0.2, -0.15) is 13.2 Å². The topological polar surface area (TPSA) is 69.6 Å². The monoisotopic (exact) mass is 385 g/mol. The van der Waals surface area contributed by atoms with E-state index in [2.05, 4.69) is 0 Å². The van der Waals surface area contributed by atoms with Crippen LogP contribution in [0.1, 0.15) is 61.3 Å². The summed E-state index contributed by atoms with van der Waals surface area (Å²) < 4.78 is 36.5. The van der Waals surface area contributed by atoms with E-state index in [1.807, 2.05) is 18.2 Å². The lowest BCUT2D eigenvalue weighted by Crippen LogP contribution is -2.37. The molecule has 1 atom stereocenters. The van der Waals surface area contributed by atoms with Gasteiger partial charge in [0.05, 0.1) is 11.7 Å². The van der Waals surface area contributed by atoms with Crippen LogP contribution in [0.15, 0.2) is 24.3 Å². The van der Waals surface area contributed by atoms with Crippen LogP contribution in [0, 0.1) is 6.92 Å². The molecule has 0 bridgehead atoms. The van der Waals surface area contributed by atoms with E-state index >= 15 is 0 Å². The number of hydrogen-bond donors (Lipinski definition) is 3. The standard InChI is InChI=1S/C20H26F3NO3/c1-14-5-6-15(7-11-19(27)9-3-2-4-10-19)13-16(14)17(25)8-12-24-18(26)20(21,22)23/h5-7,11,13,17,25,27H,2-4,8-10,12H2,1H3,(H,24,26)/b11-7+. The maximum absolute atomic E-state index is 12.2. The van der Waals surface area contributed by atoms with Crippen molar-refractivity contribution in [3.05, 3.63) is 41.0 Å². The van der Waals surface area contributed by atoms with Gasteiger partial charge >= 0.3 is 12.1 Å². The number of aliphatic hydroxyl groups excluding tert-OH is 1. The number of aliphatic hydroxyl groups is 2. The van der Waals surface area contributed by atoms with Crippen molar-refractivity contribution in [3.63, 3.8) is 0 Å². The van der Waals surface area contributed by atoms with Crippen LogP contribution in [0.25, 0.3) is 6.08 Å². The molecule has 0 saturated heterocycles. The molecule has 0 radical (unpaired) electrons. The average molecular weight is 385 g/mol. The first kappa shape index (κ1) is 21.4. The Morgan fingerprint density at radius 3 is 2.59 bits per heavy atom. The summed E-state index contributed by atoms with van der Waals surface area (Å²) in [6.07, 6.45) is 2.21. The third kappa shape index (κ3) is 6.36. The number of rotatable bonds is 6. The summed E-state index contributed by atoms with van der Waals surface area (Å²) >= 11 is 0. The zero-order valence-corrected chi connectivity index (χ0v) is 15.4. The largest absolute Gasteiger partial charge is 0.471 e. The number of nitrogens with one attached hydrogen (secondary N) is 1. The summed E-state index contributed by atoms with van der Waals surface area (Å²) in [7, 11) is 0. The van der Waals surface area contributed by atoms with E-state index in [-0.39, 0.29) is 13.0 Å². The Hall–Kier alpha value is -1.86. The average Bonchev–Trinajstić information content (AvgIpc) is 2.60. The van der Waals surface area contributed by atoms with Crippen LogP contribution in [0.4, 0.5) is 13.2 Å². The van der Waals surface area contributed by atoms with Crippen LogP contribution >= 0.6 is 0 Å². The second-order valence-electron chi connectivity index (χ2n) is 7.17. The SMILES string of the molecule is Cc1ccc(/C=C/C2(O)CCCCC2)cc1C(O)CCNC(=O)C(F)(F)F. The molecule has 1 aliphatic rings. The number of carbonyl (C=O) groups excluding carboxylic acids is 1. The zero-order chi connectivity index (χ0) is 20.1. The third-order valence-corrected chi connectivity index (χ3v) is 4.93. The minimum atomic E-state index is -4.93. The molecule has 7 heteroatoms. The predicted octanol–water partition coefficient (Wildman–Crippen LogP) is 3.81. The summed E-state index contributed by atoms with van der Waals surface area (Å²) in [5.41, 5.74) is 1.39. The lowest BCUT2D eigenvalue weighted by molar-refractivity contribution is -0.173. The number of hydrogen-bond acceptors (Lipinski definition) is 3. The van der Waals surface area contributed by atoms with Gasteiger partial charge in [-0.05, 0) is 48.9 Å². The maximum Gasteiger partial charge on any atom is 0.471 e. The van der Waals surface area contributed by atoms with Gasteiger partial charge < -0.3 is 15.5 Å². The van der Waals surface area contributed by atoms with E-state index in [1.54, 1.807) is 24.4 Å². The summed E-state index contributed by atoms with van der Waals surface area (Å²) in [5.74, 6) is -2.01. The highest BCUT2D eigenvalue weighted by atomic mass is 19.4. The highest BCUT2D eigenvalue weighted by Crippen LogP contribution is 2.30. The van der Waals surface area contributed by atoms with Crippen molar-refractivity contribution in [3.8, 4) is 0 Å². The Morgan fingerprint density at radius 2 is 1.96 bits per heavy atom. The van der Waals surface area contributed by atoms with Crippen molar-refractivity contribution in [1.82, 2.24) is 5.32 Å². The highest BCUT2D eigenvalue weighted by molar-refractivity contribution is 5.81. The summed E-state index contributed by atoms with van der Waals surface area (Å²) in [6.45, 7) is 1.52. The molecule has 1 fully saturated rings. The molecule has 27 heavy (non-hydrogen) atoms. The Labute approximate surface area is 157 Å². The van der Waals surface area contributed by atoms with Gasteiger partial charge in [0.15, 0.2) is 0 Å². The molecule has 4 nitrogen and oxygen atoms in total.